The van der Waals surface area contributed by atoms with Crippen molar-refractivity contribution in [1.29, 1.82) is 0 Å². The topological polar surface area (TPSA) is 91.4 Å². The van der Waals surface area contributed by atoms with Crippen LogP contribution in [-0.2, 0) is 6.54 Å². The Morgan fingerprint density at radius 1 is 0.917 bits per heavy atom. The van der Waals surface area contributed by atoms with Crippen molar-refractivity contribution in [2.24, 2.45) is 0 Å². The fraction of sp³-hybridized carbons (Fsp3) is 0.125. The largest absolute Gasteiger partial charge is 0.507 e. The Kier molecular flexibility index (Phi) is 4.62. The summed E-state index contributed by atoms with van der Waals surface area (Å²) >= 11 is 12.0. The molecular weight excluding hydrogens is 353 g/mol. The highest BCUT2D eigenvalue weighted by Gasteiger charge is 2.18. The van der Waals surface area contributed by atoms with Gasteiger partial charge in [-0.3, -0.25) is 0 Å². The van der Waals surface area contributed by atoms with Crippen LogP contribution in [0.1, 0.15) is 0 Å². The summed E-state index contributed by atoms with van der Waals surface area (Å²) in [5.41, 5.74) is 0.721. The number of aromatic hydroxyl groups is 2. The van der Waals surface area contributed by atoms with Gasteiger partial charge in [0.25, 0.3) is 0 Å². The fourth-order valence-electron chi connectivity index (χ4n) is 2.28. The van der Waals surface area contributed by atoms with Crippen molar-refractivity contribution >= 4 is 23.2 Å². The molecule has 0 aliphatic rings. The maximum Gasteiger partial charge on any atom is 0.185 e. The van der Waals surface area contributed by atoms with Gasteiger partial charge in [-0.25, -0.2) is 9.67 Å². The third kappa shape index (κ3) is 3.17. The van der Waals surface area contributed by atoms with Crippen LogP contribution in [0.2, 0.25) is 10.0 Å². The molecule has 8 heteroatoms. The maximum atomic E-state index is 10.1. The molecule has 24 heavy (non-hydrogen) atoms. The van der Waals surface area contributed by atoms with Crippen LogP contribution in [0, 0.1) is 0 Å². The number of aliphatic hydroxyl groups is 1. The highest BCUT2D eigenvalue weighted by molar-refractivity contribution is 6.31. The van der Waals surface area contributed by atoms with Gasteiger partial charge in [-0.1, -0.05) is 23.2 Å². The molecule has 3 aromatic rings. The molecule has 0 saturated carbocycles. The molecule has 0 unspecified atom stereocenters. The molecule has 0 bridgehead atoms. The Morgan fingerprint density at radius 2 is 1.50 bits per heavy atom. The number of aromatic nitrogens is 3. The van der Waals surface area contributed by atoms with Gasteiger partial charge >= 0.3 is 0 Å². The second-order valence-electron chi connectivity index (χ2n) is 5.03. The average Bonchev–Trinajstić information content (AvgIpc) is 2.96. The van der Waals surface area contributed by atoms with Gasteiger partial charge in [-0.05, 0) is 36.4 Å². The number of halogens is 2. The van der Waals surface area contributed by atoms with Crippen LogP contribution in [-0.4, -0.2) is 36.7 Å². The Bertz CT molecular complexity index is 896. The summed E-state index contributed by atoms with van der Waals surface area (Å²) in [6.45, 7) is -0.00568. The number of aliphatic hydroxyl groups excluding tert-OH is 1. The highest BCUT2D eigenvalue weighted by Crippen LogP contribution is 2.34. The number of rotatable bonds is 4. The molecule has 1 heterocycles. The number of benzene rings is 2. The van der Waals surface area contributed by atoms with E-state index in [9.17, 15) is 15.3 Å². The van der Waals surface area contributed by atoms with E-state index in [1.165, 1.54) is 22.9 Å². The van der Waals surface area contributed by atoms with Crippen LogP contribution in [0.25, 0.3) is 22.8 Å². The molecule has 124 valence electrons. The van der Waals surface area contributed by atoms with E-state index in [1.807, 2.05) is 0 Å². The molecule has 0 atom stereocenters. The minimum Gasteiger partial charge on any atom is -0.507 e. The van der Waals surface area contributed by atoms with Gasteiger partial charge in [-0.2, -0.15) is 5.10 Å². The molecule has 3 rings (SSSR count). The van der Waals surface area contributed by atoms with E-state index in [-0.39, 0.29) is 30.5 Å². The zero-order valence-electron chi connectivity index (χ0n) is 12.3. The van der Waals surface area contributed by atoms with E-state index < -0.39 is 0 Å². The minimum absolute atomic E-state index is 0.0205. The number of hydrogen-bond donors (Lipinski definition) is 3. The molecule has 3 N–H and O–H groups in total. The molecule has 0 fully saturated rings. The van der Waals surface area contributed by atoms with Gasteiger partial charge in [0.15, 0.2) is 11.6 Å². The first-order valence-electron chi connectivity index (χ1n) is 7.03. The highest BCUT2D eigenvalue weighted by atomic mass is 35.5. The Labute approximate surface area is 147 Å². The number of hydrogen-bond acceptors (Lipinski definition) is 5. The van der Waals surface area contributed by atoms with Crippen LogP contribution < -0.4 is 0 Å². The van der Waals surface area contributed by atoms with Crippen molar-refractivity contribution in [1.82, 2.24) is 14.8 Å². The van der Waals surface area contributed by atoms with Crippen molar-refractivity contribution in [3.63, 3.8) is 0 Å². The van der Waals surface area contributed by atoms with Crippen LogP contribution in [0.15, 0.2) is 36.4 Å². The average molecular weight is 366 g/mol. The van der Waals surface area contributed by atoms with Gasteiger partial charge in [0, 0.05) is 10.0 Å². The van der Waals surface area contributed by atoms with Gasteiger partial charge in [-0.15, -0.1) is 0 Å². The monoisotopic (exact) mass is 365 g/mol. The first-order chi connectivity index (χ1) is 11.5. The molecule has 0 spiro atoms. The van der Waals surface area contributed by atoms with Crippen LogP contribution >= 0.6 is 23.2 Å². The lowest BCUT2D eigenvalue weighted by atomic mass is 10.1. The first kappa shape index (κ1) is 16.6. The smallest absolute Gasteiger partial charge is 0.185 e. The molecule has 0 amide bonds. The summed E-state index contributed by atoms with van der Waals surface area (Å²) in [4.78, 5) is 4.38. The summed E-state index contributed by atoms with van der Waals surface area (Å²) in [6, 6.07) is 9.09. The molecule has 0 saturated heterocycles. The van der Waals surface area contributed by atoms with Crippen molar-refractivity contribution in [3.05, 3.63) is 46.4 Å². The number of nitrogens with zero attached hydrogens (tertiary/aromatic N) is 3. The molecule has 6 nitrogen and oxygen atoms in total. The Morgan fingerprint density at radius 3 is 2.12 bits per heavy atom. The van der Waals surface area contributed by atoms with Crippen molar-refractivity contribution in [3.8, 4) is 34.3 Å². The third-order valence-electron chi connectivity index (χ3n) is 3.38. The zero-order valence-corrected chi connectivity index (χ0v) is 13.8. The van der Waals surface area contributed by atoms with Crippen LogP contribution in [0.3, 0.4) is 0 Å². The Hall–Kier alpha value is -2.28. The predicted molar refractivity (Wildman–Crippen MR) is 91.3 cm³/mol. The molecule has 0 aliphatic carbocycles. The fourth-order valence-corrected chi connectivity index (χ4v) is 2.63. The number of phenols is 2. The van der Waals surface area contributed by atoms with E-state index in [0.29, 0.717) is 27.0 Å². The summed E-state index contributed by atoms with van der Waals surface area (Å²) in [5, 5.41) is 34.5. The lowest BCUT2D eigenvalue weighted by Crippen LogP contribution is -2.06. The molecule has 0 radical (unpaired) electrons. The standard InChI is InChI=1S/C16H13Cl2N3O3/c17-9-1-3-13(23)11(7-9)15-19-16(21(20-15)5-6-22)12-8-10(18)2-4-14(12)24/h1-4,7-8,22-24H,5-6H2. The minimum atomic E-state index is -0.168. The van der Waals surface area contributed by atoms with E-state index in [2.05, 4.69) is 10.1 Å². The zero-order chi connectivity index (χ0) is 17.3. The summed E-state index contributed by atoms with van der Waals surface area (Å²) in [5.74, 6) is 0.492. The number of phenolic OH excluding ortho intramolecular Hbond substituents is 2. The van der Waals surface area contributed by atoms with E-state index in [0.717, 1.165) is 0 Å². The molecule has 0 aliphatic heterocycles. The lowest BCUT2D eigenvalue weighted by Gasteiger charge is -2.06. The SMILES string of the molecule is OCCn1nc(-c2cc(Cl)ccc2O)nc1-c1cc(Cl)ccc1O. The summed E-state index contributed by atoms with van der Waals surface area (Å²) < 4.78 is 1.43. The quantitative estimate of drug-likeness (QED) is 0.659. The summed E-state index contributed by atoms with van der Waals surface area (Å²) in [7, 11) is 0. The third-order valence-corrected chi connectivity index (χ3v) is 3.85. The van der Waals surface area contributed by atoms with E-state index in [4.69, 9.17) is 23.2 Å². The van der Waals surface area contributed by atoms with Gasteiger partial charge in [0.1, 0.15) is 11.5 Å². The predicted octanol–water partition coefficient (Wildman–Crippen LogP) is 3.32. The first-order valence-corrected chi connectivity index (χ1v) is 7.78. The maximum absolute atomic E-state index is 10.1. The van der Waals surface area contributed by atoms with Crippen molar-refractivity contribution in [2.75, 3.05) is 6.61 Å². The summed E-state index contributed by atoms with van der Waals surface area (Å²) in [6.07, 6.45) is 0. The van der Waals surface area contributed by atoms with E-state index >= 15 is 0 Å². The molecule has 1 aromatic heterocycles. The molecular formula is C16H13Cl2N3O3. The van der Waals surface area contributed by atoms with Gasteiger partial charge in [0.2, 0.25) is 0 Å². The second kappa shape index (κ2) is 6.68. The van der Waals surface area contributed by atoms with Crippen molar-refractivity contribution in [2.45, 2.75) is 6.54 Å². The second-order valence-corrected chi connectivity index (χ2v) is 5.90. The molecule has 2 aromatic carbocycles. The van der Waals surface area contributed by atoms with Gasteiger partial charge in [0.05, 0.1) is 24.3 Å². The Balaban J connectivity index is 2.18. The van der Waals surface area contributed by atoms with E-state index in [1.54, 1.807) is 18.2 Å². The lowest BCUT2D eigenvalue weighted by molar-refractivity contribution is 0.270. The van der Waals surface area contributed by atoms with Crippen LogP contribution in [0.5, 0.6) is 11.5 Å². The van der Waals surface area contributed by atoms with Gasteiger partial charge < -0.3 is 15.3 Å². The van der Waals surface area contributed by atoms with Crippen LogP contribution in [0.4, 0.5) is 0 Å². The van der Waals surface area contributed by atoms with Crippen molar-refractivity contribution < 1.29 is 15.3 Å². The normalized spacial score (nSPS) is 11.0.